The lowest BCUT2D eigenvalue weighted by Crippen LogP contribution is -2.25. The Balaban J connectivity index is 1.85. The molecule has 0 fully saturated rings. The number of aromatic nitrogens is 1. The number of aliphatic hydroxyl groups excluding tert-OH is 1. The Labute approximate surface area is 168 Å². The van der Waals surface area contributed by atoms with Crippen LogP contribution in [0.15, 0.2) is 54.6 Å². The number of nitrogens with one attached hydrogen (secondary N) is 1. The molecule has 0 bridgehead atoms. The van der Waals surface area contributed by atoms with Crippen LogP contribution in [-0.2, 0) is 4.18 Å². The molecule has 0 radical (unpaired) electrons. The molecular weight excluding hydrogens is 463 g/mol. The molecule has 0 aliphatic heterocycles. The van der Waals surface area contributed by atoms with E-state index in [-0.39, 0.29) is 6.61 Å². The number of hydrogen-bond donors (Lipinski definition) is 2. The number of anilines is 1. The van der Waals surface area contributed by atoms with Crippen LogP contribution in [0.2, 0.25) is 0 Å². The Bertz CT molecular complexity index is 861. The molecule has 1 atom stereocenters. The first-order chi connectivity index (χ1) is 12.7. The van der Waals surface area contributed by atoms with Crippen LogP contribution in [-0.4, -0.2) is 36.5 Å². The van der Waals surface area contributed by atoms with Crippen LogP contribution in [0.25, 0.3) is 22.2 Å². The van der Waals surface area contributed by atoms with Gasteiger partial charge in [0.05, 0.1) is 27.0 Å². The summed E-state index contributed by atoms with van der Waals surface area (Å²) in [6, 6.07) is 17.9. The van der Waals surface area contributed by atoms with Crippen LogP contribution in [0.1, 0.15) is 0 Å². The minimum atomic E-state index is -0.410. The van der Waals surface area contributed by atoms with E-state index >= 15 is 0 Å². The van der Waals surface area contributed by atoms with E-state index in [1.54, 1.807) is 0 Å². The summed E-state index contributed by atoms with van der Waals surface area (Å²) in [5.41, 5.74) is 3.87. The first-order valence-electron chi connectivity index (χ1n) is 8.10. The lowest BCUT2D eigenvalue weighted by atomic mass is 10.1. The molecule has 2 aromatic carbocycles. The Kier molecular flexibility index (Phi) is 6.95. The molecule has 0 saturated carbocycles. The number of halogens is 1. The molecule has 26 heavy (non-hydrogen) atoms. The fraction of sp³-hybridized carbons (Fsp3) is 0.211. The number of rotatable bonds is 8. The van der Waals surface area contributed by atoms with Gasteiger partial charge in [-0.05, 0) is 30.3 Å². The fourth-order valence-electron chi connectivity index (χ4n) is 2.56. The summed E-state index contributed by atoms with van der Waals surface area (Å²) in [6.07, 6.45) is -0.410. The van der Waals surface area contributed by atoms with Gasteiger partial charge in [-0.3, -0.25) is 0 Å². The third-order valence-corrected chi connectivity index (χ3v) is 4.93. The van der Waals surface area contributed by atoms with Crippen LogP contribution in [0.4, 0.5) is 5.69 Å². The maximum atomic E-state index is 9.43. The summed E-state index contributed by atoms with van der Waals surface area (Å²) >= 11 is 2.04. The fourth-order valence-corrected chi connectivity index (χ4v) is 3.20. The van der Waals surface area contributed by atoms with Gasteiger partial charge in [-0.2, -0.15) is 0 Å². The second-order valence-electron chi connectivity index (χ2n) is 5.65. The van der Waals surface area contributed by atoms with E-state index in [9.17, 15) is 5.11 Å². The average Bonchev–Trinajstić information content (AvgIpc) is 2.70. The summed E-state index contributed by atoms with van der Waals surface area (Å²) in [5, 5.41) is 13.6. The molecule has 0 spiro atoms. The lowest BCUT2D eigenvalue weighted by Gasteiger charge is -2.16. The molecule has 136 valence electrons. The Morgan fingerprint density at radius 2 is 1.92 bits per heavy atom. The number of aliphatic hydroxyl groups is 1. The molecular formula is C19H19IN2O3S. The van der Waals surface area contributed by atoms with Crippen LogP contribution in [0, 0.1) is 0 Å². The molecule has 7 heteroatoms. The quantitative estimate of drug-likeness (QED) is 0.359. The van der Waals surface area contributed by atoms with Crippen molar-refractivity contribution in [2.45, 2.75) is 6.10 Å². The molecule has 0 aliphatic rings. The van der Waals surface area contributed by atoms with E-state index in [2.05, 4.69) is 5.32 Å². The Morgan fingerprint density at radius 3 is 2.62 bits per heavy atom. The van der Waals surface area contributed by atoms with Crippen molar-refractivity contribution in [2.24, 2.45) is 0 Å². The molecule has 2 N–H and O–H groups in total. The average molecular weight is 482 g/mol. The van der Waals surface area contributed by atoms with E-state index in [1.165, 1.54) is 9.21 Å². The third kappa shape index (κ3) is 4.79. The van der Waals surface area contributed by atoms with E-state index in [1.807, 2.05) is 82.9 Å². The molecule has 1 unspecified atom stereocenters. The molecule has 3 rings (SSSR count). The first kappa shape index (κ1) is 19.2. The van der Waals surface area contributed by atoms with Crippen molar-refractivity contribution < 1.29 is 14.0 Å². The van der Waals surface area contributed by atoms with Crippen LogP contribution >= 0.6 is 30.4 Å². The van der Waals surface area contributed by atoms with Gasteiger partial charge in [0.15, 0.2) is 0 Å². The van der Waals surface area contributed by atoms with Gasteiger partial charge in [-0.1, -0.05) is 18.2 Å². The minimum absolute atomic E-state index is 0.111. The molecule has 0 saturated heterocycles. The molecule has 3 aromatic rings. The largest absolute Gasteiger partial charge is 0.485 e. The van der Waals surface area contributed by atoms with Crippen LogP contribution in [0.3, 0.4) is 0 Å². The van der Waals surface area contributed by atoms with Crippen molar-refractivity contribution in [3.63, 3.8) is 0 Å². The minimum Gasteiger partial charge on any atom is -0.485 e. The molecule has 0 amide bonds. The number of nitrogens with zero attached hydrogens (tertiary/aromatic N) is 1. The van der Waals surface area contributed by atoms with Gasteiger partial charge >= 0.3 is 0 Å². The van der Waals surface area contributed by atoms with E-state index in [0.717, 1.165) is 27.8 Å². The standard InChI is InChI=1S/C19H19IN2O3S/c1-21-15-6-2-13(3-7-15)18-9-5-14-4-8-16(10-19(14)22-18)25-17(11-23)12-24-26-20/h2-10,17,21,23H,11-12H2,1H3. The smallest absolute Gasteiger partial charge is 0.146 e. The second kappa shape index (κ2) is 9.40. The van der Waals surface area contributed by atoms with Gasteiger partial charge < -0.3 is 19.3 Å². The molecule has 1 aromatic heterocycles. The van der Waals surface area contributed by atoms with Crippen molar-refractivity contribution in [1.29, 1.82) is 0 Å². The summed E-state index contributed by atoms with van der Waals surface area (Å²) in [7, 11) is 3.12. The third-order valence-electron chi connectivity index (χ3n) is 3.94. The Morgan fingerprint density at radius 1 is 1.15 bits per heavy atom. The zero-order valence-electron chi connectivity index (χ0n) is 14.2. The number of benzene rings is 2. The molecule has 1 heterocycles. The first-order valence-corrected chi connectivity index (χ1v) is 11.4. The highest BCUT2D eigenvalue weighted by atomic mass is 127. The van der Waals surface area contributed by atoms with Gasteiger partial charge in [-0.25, -0.2) is 4.98 Å². The summed E-state index contributed by atoms with van der Waals surface area (Å²) in [6.45, 7) is 0.202. The van der Waals surface area contributed by atoms with E-state index in [4.69, 9.17) is 13.9 Å². The zero-order valence-corrected chi connectivity index (χ0v) is 17.2. The van der Waals surface area contributed by atoms with Crippen LogP contribution in [0.5, 0.6) is 5.75 Å². The highest BCUT2D eigenvalue weighted by Crippen LogP contribution is 2.25. The number of hydrogen-bond acceptors (Lipinski definition) is 6. The number of pyridine rings is 1. The monoisotopic (exact) mass is 482 g/mol. The number of ether oxygens (including phenoxy) is 1. The summed E-state index contributed by atoms with van der Waals surface area (Å²) in [4.78, 5) is 4.76. The summed E-state index contributed by atoms with van der Waals surface area (Å²) < 4.78 is 11.0. The van der Waals surface area contributed by atoms with Crippen molar-refractivity contribution in [1.82, 2.24) is 4.98 Å². The van der Waals surface area contributed by atoms with Gasteiger partial charge in [-0.15, -0.1) is 0 Å². The maximum Gasteiger partial charge on any atom is 0.146 e. The number of fused-ring (bicyclic) bond motifs is 1. The van der Waals surface area contributed by atoms with Crippen molar-refractivity contribution in [3.05, 3.63) is 54.6 Å². The predicted octanol–water partition coefficient (Wildman–Crippen LogP) is 4.70. The normalized spacial score (nSPS) is 12.1. The Hall–Kier alpha value is -1.55. The molecule has 5 nitrogen and oxygen atoms in total. The van der Waals surface area contributed by atoms with Crippen molar-refractivity contribution >= 4 is 47.0 Å². The highest BCUT2D eigenvalue weighted by molar-refractivity contribution is 14.2. The van der Waals surface area contributed by atoms with Gasteiger partial charge in [0, 0.05) is 51.0 Å². The van der Waals surface area contributed by atoms with Gasteiger partial charge in [0.1, 0.15) is 18.5 Å². The second-order valence-corrected chi connectivity index (χ2v) is 7.09. The van der Waals surface area contributed by atoms with Crippen molar-refractivity contribution in [3.8, 4) is 17.0 Å². The van der Waals surface area contributed by atoms with Crippen LogP contribution < -0.4 is 10.1 Å². The van der Waals surface area contributed by atoms with Gasteiger partial charge in [0.25, 0.3) is 0 Å². The topological polar surface area (TPSA) is 63.6 Å². The van der Waals surface area contributed by atoms with Gasteiger partial charge in [0.2, 0.25) is 0 Å². The zero-order chi connectivity index (χ0) is 18.4. The van der Waals surface area contributed by atoms with Crippen molar-refractivity contribution in [2.75, 3.05) is 25.6 Å². The highest BCUT2D eigenvalue weighted by Gasteiger charge is 2.11. The van der Waals surface area contributed by atoms with E-state index in [0.29, 0.717) is 12.4 Å². The maximum absolute atomic E-state index is 9.43. The summed E-state index contributed by atoms with van der Waals surface area (Å²) in [5.74, 6) is 0.661. The predicted molar refractivity (Wildman–Crippen MR) is 116 cm³/mol. The lowest BCUT2D eigenvalue weighted by molar-refractivity contribution is 0.0800. The SMILES string of the molecule is CNc1ccc(-c2ccc3ccc(OC(CO)COSI)cc3n2)cc1. The van der Waals surface area contributed by atoms with E-state index < -0.39 is 6.10 Å². The molecule has 0 aliphatic carbocycles.